The fraction of sp³-hybridized carbons (Fsp3) is 0.263. The van der Waals surface area contributed by atoms with Crippen LogP contribution in [0.5, 0.6) is 0 Å². The summed E-state index contributed by atoms with van der Waals surface area (Å²) < 4.78 is 81.4. The molecule has 5 nitrogen and oxygen atoms in total. The summed E-state index contributed by atoms with van der Waals surface area (Å²) in [5.41, 5.74) is -2.30. The fourth-order valence-corrected chi connectivity index (χ4v) is 4.49. The first-order valence-electron chi connectivity index (χ1n) is 9.09. The SMILES string of the molecule is O=C(Nc1ccccc1C(F)(F)F)c1nn2c(c1Cl)NC(c1cccs1)CC2C(F)(F)F. The molecular formula is C19H13ClF6N4OS. The minimum atomic E-state index is -4.75. The molecular weight excluding hydrogens is 482 g/mol. The van der Waals surface area contributed by atoms with E-state index in [0.717, 1.165) is 18.2 Å². The Hall–Kier alpha value is -2.73. The molecule has 0 aliphatic carbocycles. The zero-order valence-electron chi connectivity index (χ0n) is 15.8. The number of amides is 1. The number of rotatable bonds is 3. The Morgan fingerprint density at radius 1 is 1.16 bits per heavy atom. The third kappa shape index (κ3) is 4.16. The van der Waals surface area contributed by atoms with E-state index in [0.29, 0.717) is 9.56 Å². The van der Waals surface area contributed by atoms with Gasteiger partial charge in [0.2, 0.25) is 0 Å². The minimum Gasteiger partial charge on any atom is -0.361 e. The van der Waals surface area contributed by atoms with Crippen LogP contribution in [0.15, 0.2) is 41.8 Å². The fourth-order valence-electron chi connectivity index (χ4n) is 3.43. The highest BCUT2D eigenvalue weighted by Gasteiger charge is 2.48. The summed E-state index contributed by atoms with van der Waals surface area (Å²) in [6.45, 7) is 0. The topological polar surface area (TPSA) is 59.0 Å². The van der Waals surface area contributed by atoms with Gasteiger partial charge in [0.05, 0.1) is 17.3 Å². The van der Waals surface area contributed by atoms with Crippen molar-refractivity contribution in [3.8, 4) is 0 Å². The molecule has 4 rings (SSSR count). The van der Waals surface area contributed by atoms with Crippen molar-refractivity contribution in [3.63, 3.8) is 0 Å². The Labute approximate surface area is 186 Å². The number of thiophene rings is 1. The molecule has 2 aromatic heterocycles. The third-order valence-electron chi connectivity index (χ3n) is 4.88. The van der Waals surface area contributed by atoms with Crippen LogP contribution in [0.2, 0.25) is 5.02 Å². The highest BCUT2D eigenvalue weighted by molar-refractivity contribution is 7.10. The van der Waals surface area contributed by atoms with Crippen LogP contribution in [0.25, 0.3) is 0 Å². The first-order chi connectivity index (χ1) is 15.0. The van der Waals surface area contributed by atoms with Crippen molar-refractivity contribution in [2.24, 2.45) is 0 Å². The van der Waals surface area contributed by atoms with Gasteiger partial charge in [-0.25, -0.2) is 4.68 Å². The Morgan fingerprint density at radius 3 is 2.50 bits per heavy atom. The summed E-state index contributed by atoms with van der Waals surface area (Å²) in [5, 5.41) is 9.93. The van der Waals surface area contributed by atoms with E-state index < -0.39 is 58.7 Å². The van der Waals surface area contributed by atoms with Crippen molar-refractivity contribution >= 4 is 40.4 Å². The molecule has 1 amide bonds. The molecule has 13 heteroatoms. The van der Waals surface area contributed by atoms with E-state index in [1.165, 1.54) is 17.4 Å². The number of anilines is 2. The summed E-state index contributed by atoms with van der Waals surface area (Å²) in [4.78, 5) is 13.3. The van der Waals surface area contributed by atoms with Crippen LogP contribution in [0.3, 0.4) is 0 Å². The molecule has 0 radical (unpaired) electrons. The zero-order valence-corrected chi connectivity index (χ0v) is 17.3. The lowest BCUT2D eigenvalue weighted by Gasteiger charge is -2.32. The van der Waals surface area contributed by atoms with E-state index in [9.17, 15) is 31.1 Å². The highest BCUT2D eigenvalue weighted by Crippen LogP contribution is 2.47. The highest BCUT2D eigenvalue weighted by atomic mass is 35.5. The molecule has 32 heavy (non-hydrogen) atoms. The van der Waals surface area contributed by atoms with Gasteiger partial charge in [-0.05, 0) is 23.6 Å². The summed E-state index contributed by atoms with van der Waals surface area (Å²) in [6.07, 6.45) is -9.84. The molecule has 3 aromatic rings. The molecule has 3 heterocycles. The van der Waals surface area contributed by atoms with E-state index in [4.69, 9.17) is 11.6 Å². The molecule has 2 atom stereocenters. The summed E-state index contributed by atoms with van der Waals surface area (Å²) >= 11 is 7.44. The number of alkyl halides is 6. The van der Waals surface area contributed by atoms with E-state index in [2.05, 4.69) is 10.4 Å². The molecule has 0 saturated heterocycles. The van der Waals surface area contributed by atoms with Crippen molar-refractivity contribution in [2.45, 2.75) is 30.9 Å². The van der Waals surface area contributed by atoms with Gasteiger partial charge in [0.1, 0.15) is 10.8 Å². The molecule has 1 aromatic carbocycles. The molecule has 1 aliphatic rings. The maximum atomic E-state index is 13.8. The van der Waals surface area contributed by atoms with Gasteiger partial charge < -0.3 is 10.6 Å². The van der Waals surface area contributed by atoms with Gasteiger partial charge in [-0.3, -0.25) is 4.79 Å². The number of nitrogens with zero attached hydrogens (tertiary/aromatic N) is 2. The first-order valence-corrected chi connectivity index (χ1v) is 10.3. The lowest BCUT2D eigenvalue weighted by atomic mass is 10.0. The number of aromatic nitrogens is 2. The monoisotopic (exact) mass is 494 g/mol. The van der Waals surface area contributed by atoms with Crippen LogP contribution in [0.1, 0.15) is 39.4 Å². The van der Waals surface area contributed by atoms with Crippen LogP contribution < -0.4 is 10.6 Å². The van der Waals surface area contributed by atoms with Crippen molar-refractivity contribution in [3.05, 3.63) is 62.9 Å². The van der Waals surface area contributed by atoms with Crippen LogP contribution in [0.4, 0.5) is 37.8 Å². The Bertz CT molecular complexity index is 1140. The number of hydrogen-bond acceptors (Lipinski definition) is 4. The second kappa shape index (κ2) is 8.00. The molecule has 2 unspecified atom stereocenters. The van der Waals surface area contributed by atoms with Crippen molar-refractivity contribution in [1.82, 2.24) is 9.78 Å². The molecule has 0 saturated carbocycles. The number of fused-ring (bicyclic) bond motifs is 1. The van der Waals surface area contributed by atoms with Crippen LogP contribution in [-0.4, -0.2) is 21.9 Å². The second-order valence-corrected chi connectivity index (χ2v) is 8.32. The molecule has 0 fully saturated rings. The summed E-state index contributed by atoms with van der Waals surface area (Å²) in [7, 11) is 0. The van der Waals surface area contributed by atoms with Crippen molar-refractivity contribution in [2.75, 3.05) is 10.6 Å². The number of halogens is 7. The summed E-state index contributed by atoms with van der Waals surface area (Å²) in [6, 6.07) is 4.75. The average Bonchev–Trinajstić information content (AvgIpc) is 3.35. The van der Waals surface area contributed by atoms with Gasteiger partial charge in [-0.1, -0.05) is 29.8 Å². The second-order valence-electron chi connectivity index (χ2n) is 6.96. The zero-order chi connectivity index (χ0) is 23.3. The number of para-hydroxylation sites is 1. The summed E-state index contributed by atoms with van der Waals surface area (Å²) in [5.74, 6) is -1.39. The third-order valence-corrected chi connectivity index (χ3v) is 6.22. The average molecular weight is 495 g/mol. The number of hydrogen-bond donors (Lipinski definition) is 2. The lowest BCUT2D eigenvalue weighted by Crippen LogP contribution is -2.35. The van der Waals surface area contributed by atoms with Gasteiger partial charge in [0.25, 0.3) is 5.91 Å². The number of carbonyl (C=O) groups is 1. The van der Waals surface area contributed by atoms with Crippen LogP contribution in [0, 0.1) is 0 Å². The van der Waals surface area contributed by atoms with Gasteiger partial charge in [0.15, 0.2) is 11.7 Å². The predicted octanol–water partition coefficient (Wildman–Crippen LogP) is 6.53. The van der Waals surface area contributed by atoms with E-state index >= 15 is 0 Å². The van der Waals surface area contributed by atoms with Gasteiger partial charge in [-0.15, -0.1) is 11.3 Å². The number of benzene rings is 1. The van der Waals surface area contributed by atoms with Crippen LogP contribution >= 0.6 is 22.9 Å². The molecule has 170 valence electrons. The number of carbonyl (C=O) groups excluding carboxylic acids is 1. The Morgan fingerprint density at radius 2 is 1.88 bits per heavy atom. The maximum Gasteiger partial charge on any atom is 0.418 e. The standard InChI is InChI=1S/C19H13ClF6N4OS/c20-14-15(17(31)28-10-5-2-1-4-9(10)18(21,22)23)29-30-13(19(24,25)26)8-11(27-16(14)30)12-6-3-7-32-12/h1-7,11,13,27H,8H2,(H,28,31). The van der Waals surface area contributed by atoms with Crippen LogP contribution in [-0.2, 0) is 6.18 Å². The van der Waals surface area contributed by atoms with E-state index in [-0.39, 0.29) is 5.82 Å². The van der Waals surface area contributed by atoms with Gasteiger partial charge in [0, 0.05) is 11.3 Å². The smallest absolute Gasteiger partial charge is 0.361 e. The lowest BCUT2D eigenvalue weighted by molar-refractivity contribution is -0.173. The Balaban J connectivity index is 1.71. The van der Waals surface area contributed by atoms with Crippen molar-refractivity contribution < 1.29 is 31.1 Å². The first kappa shape index (κ1) is 22.5. The van der Waals surface area contributed by atoms with Gasteiger partial charge >= 0.3 is 12.4 Å². The molecule has 2 N–H and O–H groups in total. The number of nitrogens with one attached hydrogen (secondary N) is 2. The minimum absolute atomic E-state index is 0.229. The van der Waals surface area contributed by atoms with Crippen molar-refractivity contribution in [1.29, 1.82) is 0 Å². The largest absolute Gasteiger partial charge is 0.418 e. The molecule has 0 spiro atoms. The predicted molar refractivity (Wildman–Crippen MR) is 107 cm³/mol. The normalized spacial score (nSPS) is 18.7. The Kier molecular flexibility index (Phi) is 5.61. The molecule has 0 bridgehead atoms. The maximum absolute atomic E-state index is 13.8. The van der Waals surface area contributed by atoms with E-state index in [1.807, 2.05) is 5.32 Å². The quantitative estimate of drug-likeness (QED) is 0.407. The van der Waals surface area contributed by atoms with E-state index in [1.54, 1.807) is 17.5 Å². The van der Waals surface area contributed by atoms with Gasteiger partial charge in [-0.2, -0.15) is 31.4 Å². The molecule has 1 aliphatic heterocycles.